The van der Waals surface area contributed by atoms with Crippen molar-refractivity contribution in [1.82, 2.24) is 24.7 Å². The van der Waals surface area contributed by atoms with Gasteiger partial charge in [0.25, 0.3) is 0 Å². The zero-order valence-corrected chi connectivity index (χ0v) is 24.6. The van der Waals surface area contributed by atoms with Crippen molar-refractivity contribution in [3.63, 3.8) is 0 Å². The summed E-state index contributed by atoms with van der Waals surface area (Å²) in [6, 6.07) is 7.34. The van der Waals surface area contributed by atoms with Crippen LogP contribution in [-0.2, 0) is 36.1 Å². The molecule has 1 N–H and O–H groups in total. The molecule has 1 atom stereocenters. The van der Waals surface area contributed by atoms with Crippen LogP contribution in [0.15, 0.2) is 66.9 Å². The third-order valence-electron chi connectivity index (χ3n) is 7.58. The Hall–Kier alpha value is -3.38. The molecular weight excluding hydrogens is 562 g/mol. The number of halogens is 1. The molecule has 2 amide bonds. The maximum atomic E-state index is 12.3. The number of amides is 2. The van der Waals surface area contributed by atoms with Gasteiger partial charge in [-0.3, -0.25) is 4.79 Å². The fraction of sp³-hybridized carbons (Fsp3) is 0.500. The highest BCUT2D eigenvalue weighted by atomic mass is 35.5. The number of carbonyl (C=O) groups is 2. The molecule has 1 aromatic carbocycles. The molecule has 12 heteroatoms. The van der Waals surface area contributed by atoms with Crippen molar-refractivity contribution >= 4 is 23.6 Å². The van der Waals surface area contributed by atoms with Gasteiger partial charge in [-0.25, -0.2) is 9.78 Å². The minimum absolute atomic E-state index is 0.114. The molecule has 2 fully saturated rings. The van der Waals surface area contributed by atoms with Crippen LogP contribution < -0.4 is 5.32 Å². The van der Waals surface area contributed by atoms with Gasteiger partial charge in [-0.2, -0.15) is 0 Å². The van der Waals surface area contributed by atoms with Crippen LogP contribution >= 0.6 is 11.6 Å². The molecule has 3 heterocycles. The van der Waals surface area contributed by atoms with Gasteiger partial charge in [0.2, 0.25) is 5.79 Å². The second-order valence-corrected chi connectivity index (χ2v) is 10.9. The highest BCUT2D eigenvalue weighted by molar-refractivity contribution is 6.31. The first-order chi connectivity index (χ1) is 20.5. The van der Waals surface area contributed by atoms with Gasteiger partial charge >= 0.3 is 12.0 Å². The second kappa shape index (κ2) is 14.2. The monoisotopic (exact) mass is 599 g/mol. The number of hydrogen-bond acceptors (Lipinski definition) is 8. The van der Waals surface area contributed by atoms with E-state index < -0.39 is 11.8 Å². The smallest absolute Gasteiger partial charge is 0.325 e. The average molecular weight is 600 g/mol. The van der Waals surface area contributed by atoms with Gasteiger partial charge in [-0.1, -0.05) is 42.0 Å². The van der Waals surface area contributed by atoms with Gasteiger partial charge in [0.1, 0.15) is 12.6 Å². The minimum Gasteiger partial charge on any atom is -0.465 e. The molecule has 226 valence electrons. The molecule has 0 spiro atoms. The zero-order valence-electron chi connectivity index (χ0n) is 23.8. The van der Waals surface area contributed by atoms with Gasteiger partial charge in [-0.15, -0.1) is 0 Å². The van der Waals surface area contributed by atoms with E-state index in [1.807, 2.05) is 35.0 Å². The Balaban J connectivity index is 1.05. The Morgan fingerprint density at radius 2 is 1.95 bits per heavy atom. The molecule has 0 radical (unpaired) electrons. The fourth-order valence-corrected chi connectivity index (χ4v) is 5.55. The molecule has 0 saturated carbocycles. The average Bonchev–Trinajstić information content (AvgIpc) is 3.53. The van der Waals surface area contributed by atoms with E-state index in [-0.39, 0.29) is 24.6 Å². The summed E-state index contributed by atoms with van der Waals surface area (Å²) in [6.07, 6.45) is 12.6. The van der Waals surface area contributed by atoms with Crippen LogP contribution in [0.25, 0.3) is 0 Å². The van der Waals surface area contributed by atoms with Crippen LogP contribution in [0.2, 0.25) is 5.02 Å². The van der Waals surface area contributed by atoms with E-state index >= 15 is 0 Å². The van der Waals surface area contributed by atoms with Crippen molar-refractivity contribution in [1.29, 1.82) is 0 Å². The number of imidazole rings is 1. The molecule has 0 bridgehead atoms. The Morgan fingerprint density at radius 1 is 1.17 bits per heavy atom. The number of esters is 1. The van der Waals surface area contributed by atoms with Crippen LogP contribution in [-0.4, -0.2) is 96.6 Å². The lowest BCUT2D eigenvalue weighted by molar-refractivity contribution is -0.313. The highest BCUT2D eigenvalue weighted by Gasteiger charge is 2.42. The summed E-state index contributed by atoms with van der Waals surface area (Å²) in [5.41, 5.74) is 1.94. The van der Waals surface area contributed by atoms with E-state index in [0.717, 1.165) is 30.8 Å². The van der Waals surface area contributed by atoms with E-state index in [1.165, 1.54) is 0 Å². The molecule has 42 heavy (non-hydrogen) atoms. The lowest BCUT2D eigenvalue weighted by Crippen LogP contribution is -2.52. The number of urea groups is 1. The topological polar surface area (TPSA) is 107 Å². The lowest BCUT2D eigenvalue weighted by atomic mass is 9.99. The predicted molar refractivity (Wildman–Crippen MR) is 156 cm³/mol. The zero-order chi connectivity index (χ0) is 29.4. The third kappa shape index (κ3) is 7.52. The predicted octanol–water partition coefficient (Wildman–Crippen LogP) is 3.17. The number of allylic oxidation sites excluding steroid dienone is 2. The number of rotatable bonds is 10. The number of benzene rings is 1. The Bertz CT molecular complexity index is 1250. The first-order valence-corrected chi connectivity index (χ1v) is 14.8. The summed E-state index contributed by atoms with van der Waals surface area (Å²) in [7, 11) is 0. The van der Waals surface area contributed by atoms with Gasteiger partial charge in [0, 0.05) is 60.8 Å². The van der Waals surface area contributed by atoms with E-state index in [0.29, 0.717) is 51.1 Å². The number of carbonyl (C=O) groups excluding carboxylic acids is 2. The maximum absolute atomic E-state index is 12.3. The van der Waals surface area contributed by atoms with Crippen molar-refractivity contribution < 1.29 is 28.5 Å². The van der Waals surface area contributed by atoms with Crippen LogP contribution in [0.5, 0.6) is 0 Å². The summed E-state index contributed by atoms with van der Waals surface area (Å²) in [4.78, 5) is 32.0. The van der Waals surface area contributed by atoms with Gasteiger partial charge in [0.15, 0.2) is 0 Å². The van der Waals surface area contributed by atoms with E-state index in [9.17, 15) is 9.59 Å². The van der Waals surface area contributed by atoms with Crippen molar-refractivity contribution in [3.8, 4) is 0 Å². The van der Waals surface area contributed by atoms with Gasteiger partial charge in [0.05, 0.1) is 39.3 Å². The first kappa shape index (κ1) is 30.1. The summed E-state index contributed by atoms with van der Waals surface area (Å²) >= 11 is 6.54. The Morgan fingerprint density at radius 3 is 2.62 bits per heavy atom. The van der Waals surface area contributed by atoms with E-state index in [2.05, 4.69) is 33.4 Å². The third-order valence-corrected chi connectivity index (χ3v) is 7.90. The number of aromatic nitrogens is 2. The quantitative estimate of drug-likeness (QED) is 0.415. The van der Waals surface area contributed by atoms with E-state index in [1.54, 1.807) is 24.3 Å². The summed E-state index contributed by atoms with van der Waals surface area (Å²) in [5.74, 6) is -1.20. The van der Waals surface area contributed by atoms with Gasteiger partial charge in [-0.05, 0) is 25.5 Å². The van der Waals surface area contributed by atoms with Crippen LogP contribution in [0, 0.1) is 5.92 Å². The molecule has 11 nitrogen and oxygen atoms in total. The van der Waals surface area contributed by atoms with Crippen molar-refractivity contribution in [2.75, 3.05) is 59.2 Å². The molecule has 1 aromatic heterocycles. The fourth-order valence-electron chi connectivity index (χ4n) is 5.27. The molecule has 2 aromatic rings. The number of nitrogens with one attached hydrogen (secondary N) is 1. The molecule has 2 saturated heterocycles. The van der Waals surface area contributed by atoms with Crippen molar-refractivity contribution in [3.05, 3.63) is 77.5 Å². The SMILES string of the molecule is CCOC(=O)CNC(=O)N1CCN(C2=CCC(COC3COC(Cn4ccnc4)(c4ccccc4Cl)OC3)C=C2)CC1. The summed E-state index contributed by atoms with van der Waals surface area (Å²) in [5, 5.41) is 3.22. The molecular formula is C30H38ClN5O6. The maximum Gasteiger partial charge on any atom is 0.325 e. The highest BCUT2D eigenvalue weighted by Crippen LogP contribution is 2.37. The van der Waals surface area contributed by atoms with Crippen molar-refractivity contribution in [2.45, 2.75) is 31.8 Å². The number of ether oxygens (including phenoxy) is 4. The molecule has 1 aliphatic carbocycles. The Labute approximate surface area is 251 Å². The normalized spacial score (nSPS) is 24.3. The first-order valence-electron chi connectivity index (χ1n) is 14.4. The van der Waals surface area contributed by atoms with E-state index in [4.69, 9.17) is 30.5 Å². The Kier molecular flexibility index (Phi) is 10.2. The largest absolute Gasteiger partial charge is 0.465 e. The van der Waals surface area contributed by atoms with Crippen LogP contribution in [0.4, 0.5) is 4.79 Å². The number of nitrogens with zero attached hydrogens (tertiary/aromatic N) is 4. The summed E-state index contributed by atoms with van der Waals surface area (Å²) < 4.78 is 25.7. The molecule has 3 aliphatic rings. The standard InChI is InChI=1S/C30H38ClN5O6/c1-2-39-28(37)17-33-29(38)36-15-13-35(14-16-36)24-9-7-23(8-10-24)18-40-25-19-41-30(42-20-25,21-34-12-11-32-22-34)26-5-3-4-6-27(26)31/h3-7,9-12,22-23,25H,2,8,13-21H2,1H3,(H,33,38). The number of piperazine rings is 1. The van der Waals surface area contributed by atoms with Gasteiger partial charge < -0.3 is 38.6 Å². The summed E-state index contributed by atoms with van der Waals surface area (Å²) in [6.45, 7) is 6.31. The lowest BCUT2D eigenvalue weighted by Gasteiger charge is -2.41. The molecule has 5 rings (SSSR count). The minimum atomic E-state index is -1.02. The number of hydrogen-bond donors (Lipinski definition) is 1. The van der Waals surface area contributed by atoms with Crippen LogP contribution in [0.1, 0.15) is 18.9 Å². The molecule has 2 aliphatic heterocycles. The second-order valence-electron chi connectivity index (χ2n) is 10.5. The van der Waals surface area contributed by atoms with Crippen LogP contribution in [0.3, 0.4) is 0 Å². The molecule has 1 unspecified atom stereocenters. The van der Waals surface area contributed by atoms with Crippen molar-refractivity contribution in [2.24, 2.45) is 5.92 Å².